The number of hydrogen-bond donors (Lipinski definition) is 3. The maximum atomic E-state index is 13.5. The van der Waals surface area contributed by atoms with Crippen molar-refractivity contribution in [2.45, 2.75) is 26.2 Å². The summed E-state index contributed by atoms with van der Waals surface area (Å²) in [6, 6.07) is 15.7. The van der Waals surface area contributed by atoms with Crippen LogP contribution in [-0.4, -0.2) is 15.7 Å². The van der Waals surface area contributed by atoms with E-state index in [1.165, 1.54) is 0 Å². The van der Waals surface area contributed by atoms with E-state index in [0.29, 0.717) is 28.3 Å². The van der Waals surface area contributed by atoms with E-state index >= 15 is 0 Å². The Bertz CT molecular complexity index is 1330. The van der Waals surface area contributed by atoms with Gasteiger partial charge < -0.3 is 16.4 Å². The molecule has 7 nitrogen and oxygen atoms in total. The smallest absolute Gasteiger partial charge is 0.245 e. The zero-order valence-corrected chi connectivity index (χ0v) is 16.9. The maximum Gasteiger partial charge on any atom is 0.245 e. The molecule has 4 N–H and O–H groups in total. The van der Waals surface area contributed by atoms with Gasteiger partial charge >= 0.3 is 0 Å². The van der Waals surface area contributed by atoms with E-state index in [0.717, 1.165) is 16.8 Å². The molecular formula is C23H20N6O. The summed E-state index contributed by atoms with van der Waals surface area (Å²) in [5.74, 6) is 0.461. The molecule has 1 aromatic heterocycles. The lowest BCUT2D eigenvalue weighted by Crippen LogP contribution is -2.43. The minimum absolute atomic E-state index is 0.156. The molecule has 1 unspecified atom stereocenters. The van der Waals surface area contributed by atoms with Gasteiger partial charge in [0.25, 0.3) is 0 Å². The summed E-state index contributed by atoms with van der Waals surface area (Å²) < 4.78 is 1.78. The zero-order valence-electron chi connectivity index (χ0n) is 16.9. The number of carbonyl (C=O) groups excluding carboxylic acids is 1. The van der Waals surface area contributed by atoms with Crippen LogP contribution in [0.15, 0.2) is 53.9 Å². The second kappa shape index (κ2) is 5.97. The monoisotopic (exact) mass is 396 g/mol. The molecule has 2 aromatic carbocycles. The molecule has 1 amide bonds. The van der Waals surface area contributed by atoms with Gasteiger partial charge in [0.2, 0.25) is 5.91 Å². The van der Waals surface area contributed by atoms with Gasteiger partial charge in [-0.15, -0.1) is 0 Å². The molecule has 2 aliphatic rings. The van der Waals surface area contributed by atoms with Gasteiger partial charge in [-0.25, -0.2) is 4.68 Å². The standard InChI is InChI=1S/C23H20N6O/c1-12-8-9-13(2)18(10-12)29-21-19(14(3)28-29)23(16(11-24)20(25)27-21)15-6-4-5-7-17(15)26-22(23)30/h4-10,27H,25H2,1-3H3,(H,26,30). The molecule has 5 rings (SSSR count). The topological polar surface area (TPSA) is 109 Å². The number of nitrogens with one attached hydrogen (secondary N) is 2. The number of para-hydroxylation sites is 1. The molecule has 0 saturated carbocycles. The molecule has 3 heterocycles. The van der Waals surface area contributed by atoms with Crippen LogP contribution in [0, 0.1) is 32.1 Å². The Morgan fingerprint density at radius 3 is 2.67 bits per heavy atom. The highest BCUT2D eigenvalue weighted by Gasteiger charge is 2.57. The second-order valence-electron chi connectivity index (χ2n) is 7.79. The summed E-state index contributed by atoms with van der Waals surface area (Å²) in [7, 11) is 0. The van der Waals surface area contributed by atoms with Crippen LogP contribution >= 0.6 is 0 Å². The fourth-order valence-electron chi connectivity index (χ4n) is 4.63. The zero-order chi connectivity index (χ0) is 21.2. The van der Waals surface area contributed by atoms with Crippen molar-refractivity contribution in [2.24, 2.45) is 5.73 Å². The fraction of sp³-hybridized carbons (Fsp3) is 0.174. The summed E-state index contributed by atoms with van der Waals surface area (Å²) in [6.07, 6.45) is 0. The molecule has 30 heavy (non-hydrogen) atoms. The molecule has 0 fully saturated rings. The van der Waals surface area contributed by atoms with Gasteiger partial charge in [0.15, 0.2) is 0 Å². The van der Waals surface area contributed by atoms with Gasteiger partial charge in [0.05, 0.1) is 17.0 Å². The van der Waals surface area contributed by atoms with Crippen LogP contribution in [0.2, 0.25) is 0 Å². The molecule has 1 spiro atoms. The summed E-state index contributed by atoms with van der Waals surface area (Å²) in [5, 5.41) is 20.9. The summed E-state index contributed by atoms with van der Waals surface area (Å²) >= 11 is 0. The number of anilines is 2. The van der Waals surface area contributed by atoms with Gasteiger partial charge in [-0.2, -0.15) is 10.4 Å². The van der Waals surface area contributed by atoms with E-state index in [-0.39, 0.29) is 17.3 Å². The van der Waals surface area contributed by atoms with E-state index in [1.807, 2.05) is 63.2 Å². The SMILES string of the molecule is Cc1ccc(C)c(-n2nc(C)c3c2NC(N)=C(C#N)C32C(=O)Nc3ccccc32)c1. The van der Waals surface area contributed by atoms with E-state index in [4.69, 9.17) is 10.8 Å². The first-order valence-electron chi connectivity index (χ1n) is 9.65. The van der Waals surface area contributed by atoms with Crippen molar-refractivity contribution in [1.82, 2.24) is 9.78 Å². The lowest BCUT2D eigenvalue weighted by Gasteiger charge is -2.33. The Balaban J connectivity index is 1.90. The van der Waals surface area contributed by atoms with Crippen molar-refractivity contribution in [3.05, 3.63) is 81.8 Å². The van der Waals surface area contributed by atoms with Gasteiger partial charge in [-0.05, 0) is 44.0 Å². The highest BCUT2D eigenvalue weighted by molar-refractivity contribution is 6.13. The number of aromatic nitrogens is 2. The van der Waals surface area contributed by atoms with Gasteiger partial charge in [-0.3, -0.25) is 4.79 Å². The summed E-state index contributed by atoms with van der Waals surface area (Å²) in [5.41, 5.74) is 10.9. The van der Waals surface area contributed by atoms with Gasteiger partial charge in [0, 0.05) is 16.8 Å². The van der Waals surface area contributed by atoms with Crippen LogP contribution < -0.4 is 16.4 Å². The average molecular weight is 396 g/mol. The molecule has 0 radical (unpaired) electrons. The molecule has 3 aromatic rings. The van der Waals surface area contributed by atoms with Crippen LogP contribution in [0.4, 0.5) is 11.5 Å². The Labute approximate surface area is 173 Å². The first kappa shape index (κ1) is 18.0. The number of carbonyl (C=O) groups is 1. The quantitative estimate of drug-likeness (QED) is 0.585. The maximum absolute atomic E-state index is 13.5. The third-order valence-electron chi connectivity index (χ3n) is 5.96. The Morgan fingerprint density at radius 2 is 1.90 bits per heavy atom. The number of hydrogen-bond acceptors (Lipinski definition) is 5. The highest BCUT2D eigenvalue weighted by atomic mass is 16.2. The lowest BCUT2D eigenvalue weighted by atomic mass is 9.68. The highest BCUT2D eigenvalue weighted by Crippen LogP contribution is 2.53. The predicted octanol–water partition coefficient (Wildman–Crippen LogP) is 3.16. The number of nitrogens with two attached hydrogens (primary N) is 1. The molecule has 0 saturated heterocycles. The molecule has 148 valence electrons. The number of benzene rings is 2. The van der Waals surface area contributed by atoms with Crippen LogP contribution in [-0.2, 0) is 10.2 Å². The normalized spacial score (nSPS) is 19.2. The third-order valence-corrected chi connectivity index (χ3v) is 5.96. The van der Waals surface area contributed by atoms with E-state index in [9.17, 15) is 10.1 Å². The Hall–Kier alpha value is -4.05. The summed E-state index contributed by atoms with van der Waals surface area (Å²) in [4.78, 5) is 13.5. The minimum Gasteiger partial charge on any atom is -0.384 e. The number of aryl methyl sites for hydroxylation is 3. The summed E-state index contributed by atoms with van der Waals surface area (Å²) in [6.45, 7) is 5.88. The van der Waals surface area contributed by atoms with E-state index in [1.54, 1.807) is 4.68 Å². The fourth-order valence-corrected chi connectivity index (χ4v) is 4.63. The van der Waals surface area contributed by atoms with Gasteiger partial charge in [0.1, 0.15) is 23.1 Å². The second-order valence-corrected chi connectivity index (χ2v) is 7.79. The van der Waals surface area contributed by atoms with Crippen molar-refractivity contribution in [1.29, 1.82) is 5.26 Å². The molecular weight excluding hydrogens is 376 g/mol. The van der Waals surface area contributed by atoms with Gasteiger partial charge in [-0.1, -0.05) is 30.3 Å². The first-order chi connectivity index (χ1) is 14.4. The van der Waals surface area contributed by atoms with E-state index in [2.05, 4.69) is 16.7 Å². The van der Waals surface area contributed by atoms with Crippen molar-refractivity contribution in [3.63, 3.8) is 0 Å². The number of nitrogens with zero attached hydrogens (tertiary/aromatic N) is 3. The Morgan fingerprint density at radius 1 is 1.13 bits per heavy atom. The molecule has 0 bridgehead atoms. The van der Waals surface area contributed by atoms with Crippen molar-refractivity contribution in [2.75, 3.05) is 10.6 Å². The number of amides is 1. The van der Waals surface area contributed by atoms with Crippen molar-refractivity contribution >= 4 is 17.4 Å². The largest absolute Gasteiger partial charge is 0.384 e. The average Bonchev–Trinajstić information content (AvgIpc) is 3.19. The number of fused-ring (bicyclic) bond motifs is 4. The minimum atomic E-state index is -1.34. The van der Waals surface area contributed by atoms with E-state index < -0.39 is 5.41 Å². The van der Waals surface area contributed by atoms with Crippen molar-refractivity contribution in [3.8, 4) is 11.8 Å². The third kappa shape index (κ3) is 2.08. The Kier molecular flexibility index (Phi) is 3.59. The molecule has 0 aliphatic carbocycles. The first-order valence-corrected chi connectivity index (χ1v) is 9.65. The number of rotatable bonds is 1. The molecule has 1 atom stereocenters. The van der Waals surface area contributed by atoms with Crippen LogP contribution in [0.25, 0.3) is 5.69 Å². The van der Waals surface area contributed by atoms with Crippen LogP contribution in [0.3, 0.4) is 0 Å². The predicted molar refractivity (Wildman–Crippen MR) is 114 cm³/mol. The lowest BCUT2D eigenvalue weighted by molar-refractivity contribution is -0.118. The number of nitriles is 1. The molecule has 7 heteroatoms. The van der Waals surface area contributed by atoms with Crippen molar-refractivity contribution < 1.29 is 4.79 Å². The van der Waals surface area contributed by atoms with Crippen LogP contribution in [0.1, 0.15) is 27.9 Å². The molecule has 2 aliphatic heterocycles. The van der Waals surface area contributed by atoms with Crippen LogP contribution in [0.5, 0.6) is 0 Å².